The third-order valence-corrected chi connectivity index (χ3v) is 4.94. The molecule has 4 nitrogen and oxygen atoms in total. The molecule has 0 aromatic carbocycles. The van der Waals surface area contributed by atoms with Gasteiger partial charge in [-0.25, -0.2) is 4.98 Å². The van der Waals surface area contributed by atoms with Crippen molar-refractivity contribution in [3.8, 4) is 0 Å². The summed E-state index contributed by atoms with van der Waals surface area (Å²) in [5, 5.41) is 4.35. The van der Waals surface area contributed by atoms with Crippen LogP contribution < -0.4 is 10.2 Å². The molecule has 19 heavy (non-hydrogen) atoms. The lowest BCUT2D eigenvalue weighted by Crippen LogP contribution is -2.51. The number of aryl methyl sites for hydroxylation is 2. The van der Waals surface area contributed by atoms with Gasteiger partial charge in [-0.15, -0.1) is 11.3 Å². The number of rotatable bonds is 4. The van der Waals surface area contributed by atoms with Crippen molar-refractivity contribution in [3.63, 3.8) is 0 Å². The molecule has 1 amide bonds. The normalized spacial score (nSPS) is 24.0. The predicted molar refractivity (Wildman–Crippen MR) is 77.8 cm³/mol. The maximum absolute atomic E-state index is 12.5. The molecule has 1 aromatic rings. The average molecular weight is 279 g/mol. The molecule has 2 heterocycles. The Kier molecular flexibility index (Phi) is 3.58. The maximum atomic E-state index is 12.5. The van der Waals surface area contributed by atoms with Gasteiger partial charge < -0.3 is 5.32 Å². The van der Waals surface area contributed by atoms with Crippen LogP contribution in [0.1, 0.15) is 43.2 Å². The van der Waals surface area contributed by atoms with E-state index in [4.69, 9.17) is 0 Å². The molecule has 2 aliphatic rings. The van der Waals surface area contributed by atoms with Crippen LogP contribution in [-0.4, -0.2) is 29.5 Å². The fourth-order valence-electron chi connectivity index (χ4n) is 2.61. The first-order valence-electron chi connectivity index (χ1n) is 7.22. The molecule has 1 N–H and O–H groups in total. The number of nitrogens with zero attached hydrogens (tertiary/aromatic N) is 2. The number of amides is 1. The first-order chi connectivity index (χ1) is 9.19. The Morgan fingerprint density at radius 3 is 2.84 bits per heavy atom. The van der Waals surface area contributed by atoms with Gasteiger partial charge in [-0.2, -0.15) is 0 Å². The van der Waals surface area contributed by atoms with Crippen LogP contribution in [0.15, 0.2) is 0 Å². The van der Waals surface area contributed by atoms with E-state index >= 15 is 0 Å². The van der Waals surface area contributed by atoms with Crippen molar-refractivity contribution in [3.05, 3.63) is 10.6 Å². The zero-order chi connectivity index (χ0) is 13.4. The summed E-state index contributed by atoms with van der Waals surface area (Å²) in [6.45, 7) is 5.02. The van der Waals surface area contributed by atoms with E-state index in [-0.39, 0.29) is 11.9 Å². The molecule has 1 saturated heterocycles. The molecular formula is C14H21N3OS. The Labute approximate surface area is 118 Å². The summed E-state index contributed by atoms with van der Waals surface area (Å²) in [6, 6.07) is 0.591. The number of anilines is 1. The van der Waals surface area contributed by atoms with Gasteiger partial charge in [-0.1, -0.05) is 6.92 Å². The van der Waals surface area contributed by atoms with Crippen LogP contribution in [-0.2, 0) is 11.2 Å². The molecule has 5 heteroatoms. The van der Waals surface area contributed by atoms with Crippen molar-refractivity contribution in [2.45, 2.75) is 58.0 Å². The van der Waals surface area contributed by atoms with Crippen LogP contribution >= 0.6 is 11.3 Å². The van der Waals surface area contributed by atoms with Crippen molar-refractivity contribution in [1.29, 1.82) is 0 Å². The minimum atomic E-state index is 0.00975. The summed E-state index contributed by atoms with van der Waals surface area (Å²) in [5.74, 6) is 0.217. The van der Waals surface area contributed by atoms with E-state index in [0.717, 1.165) is 36.6 Å². The zero-order valence-electron chi connectivity index (χ0n) is 11.6. The fourth-order valence-corrected chi connectivity index (χ4v) is 3.64. The molecule has 1 unspecified atom stereocenters. The van der Waals surface area contributed by atoms with Gasteiger partial charge in [0.1, 0.15) is 0 Å². The topological polar surface area (TPSA) is 45.2 Å². The van der Waals surface area contributed by atoms with E-state index < -0.39 is 0 Å². The Hall–Kier alpha value is -0.940. The lowest BCUT2D eigenvalue weighted by atomic mass is 10.1. The minimum Gasteiger partial charge on any atom is -0.303 e. The lowest BCUT2D eigenvalue weighted by Gasteiger charge is -2.31. The van der Waals surface area contributed by atoms with E-state index in [0.29, 0.717) is 6.04 Å². The maximum Gasteiger partial charge on any atom is 0.245 e. The number of aromatic nitrogens is 1. The SMILES string of the molecule is CCc1nc(N2CCCC(NC3CC3)C2=O)sc1C. The molecular weight excluding hydrogens is 258 g/mol. The number of carbonyl (C=O) groups is 1. The van der Waals surface area contributed by atoms with E-state index in [1.165, 1.54) is 17.7 Å². The Morgan fingerprint density at radius 2 is 2.21 bits per heavy atom. The molecule has 3 rings (SSSR count). The predicted octanol–water partition coefficient (Wildman–Crippen LogP) is 2.26. The second-order valence-electron chi connectivity index (χ2n) is 5.48. The highest BCUT2D eigenvalue weighted by Crippen LogP contribution is 2.30. The standard InChI is InChI=1S/C14H21N3OS/c1-3-11-9(2)19-14(16-11)17-8-4-5-12(13(17)18)15-10-6-7-10/h10,12,15H,3-8H2,1-2H3. The quantitative estimate of drug-likeness (QED) is 0.919. The smallest absolute Gasteiger partial charge is 0.245 e. The molecule has 1 saturated carbocycles. The first-order valence-corrected chi connectivity index (χ1v) is 8.04. The van der Waals surface area contributed by atoms with Crippen LogP contribution in [0.4, 0.5) is 5.13 Å². The average Bonchev–Trinajstić information content (AvgIpc) is 3.13. The number of hydrogen-bond donors (Lipinski definition) is 1. The van der Waals surface area contributed by atoms with Crippen LogP contribution in [0, 0.1) is 6.92 Å². The Bertz CT molecular complexity index is 481. The number of piperidine rings is 1. The summed E-state index contributed by atoms with van der Waals surface area (Å²) >= 11 is 1.65. The van der Waals surface area contributed by atoms with Crippen LogP contribution in [0.2, 0.25) is 0 Å². The Morgan fingerprint density at radius 1 is 1.42 bits per heavy atom. The Balaban J connectivity index is 1.76. The number of nitrogens with one attached hydrogen (secondary N) is 1. The molecule has 0 bridgehead atoms. The number of thiazole rings is 1. The van der Waals surface area contributed by atoms with Crippen molar-refractivity contribution in [2.75, 3.05) is 11.4 Å². The molecule has 0 spiro atoms. The van der Waals surface area contributed by atoms with E-state index in [9.17, 15) is 4.79 Å². The van der Waals surface area contributed by atoms with Crippen LogP contribution in [0.3, 0.4) is 0 Å². The van der Waals surface area contributed by atoms with Gasteiger partial charge in [0.05, 0.1) is 11.7 Å². The second-order valence-corrected chi connectivity index (χ2v) is 6.66. The van der Waals surface area contributed by atoms with Crippen LogP contribution in [0.5, 0.6) is 0 Å². The van der Waals surface area contributed by atoms with Gasteiger partial charge in [-0.05, 0) is 39.0 Å². The third kappa shape index (κ3) is 2.67. The van der Waals surface area contributed by atoms with E-state index in [1.807, 2.05) is 4.90 Å². The summed E-state index contributed by atoms with van der Waals surface area (Å²) in [6.07, 6.45) is 5.42. The van der Waals surface area contributed by atoms with Gasteiger partial charge in [0.15, 0.2) is 5.13 Å². The van der Waals surface area contributed by atoms with Gasteiger partial charge >= 0.3 is 0 Å². The molecule has 1 atom stereocenters. The van der Waals surface area contributed by atoms with Gasteiger partial charge in [0, 0.05) is 17.5 Å². The monoisotopic (exact) mass is 279 g/mol. The van der Waals surface area contributed by atoms with Crippen molar-refractivity contribution in [1.82, 2.24) is 10.3 Å². The third-order valence-electron chi connectivity index (χ3n) is 3.90. The van der Waals surface area contributed by atoms with Gasteiger partial charge in [0.25, 0.3) is 0 Å². The highest BCUT2D eigenvalue weighted by molar-refractivity contribution is 7.15. The molecule has 0 radical (unpaired) electrons. The number of carbonyl (C=O) groups excluding carboxylic acids is 1. The fraction of sp³-hybridized carbons (Fsp3) is 0.714. The molecule has 2 fully saturated rings. The number of hydrogen-bond acceptors (Lipinski definition) is 4. The van der Waals surface area contributed by atoms with E-state index in [1.54, 1.807) is 11.3 Å². The van der Waals surface area contributed by atoms with Crippen LogP contribution in [0.25, 0.3) is 0 Å². The molecule has 1 aromatic heterocycles. The summed E-state index contributed by atoms with van der Waals surface area (Å²) in [7, 11) is 0. The van der Waals surface area contributed by atoms with Crippen molar-refractivity contribution in [2.24, 2.45) is 0 Å². The van der Waals surface area contributed by atoms with Gasteiger partial charge in [0.2, 0.25) is 5.91 Å². The van der Waals surface area contributed by atoms with Crippen molar-refractivity contribution < 1.29 is 4.79 Å². The highest BCUT2D eigenvalue weighted by atomic mass is 32.1. The lowest BCUT2D eigenvalue weighted by molar-refractivity contribution is -0.121. The largest absolute Gasteiger partial charge is 0.303 e. The molecule has 1 aliphatic carbocycles. The molecule has 104 valence electrons. The van der Waals surface area contributed by atoms with Gasteiger partial charge in [-0.3, -0.25) is 9.69 Å². The van der Waals surface area contributed by atoms with E-state index in [2.05, 4.69) is 24.1 Å². The summed E-state index contributed by atoms with van der Waals surface area (Å²) < 4.78 is 0. The second kappa shape index (κ2) is 5.21. The minimum absolute atomic E-state index is 0.00975. The molecule has 1 aliphatic heterocycles. The van der Waals surface area contributed by atoms with Crippen molar-refractivity contribution >= 4 is 22.4 Å². The zero-order valence-corrected chi connectivity index (χ0v) is 12.4. The summed E-state index contributed by atoms with van der Waals surface area (Å²) in [4.78, 5) is 20.3. The highest BCUT2D eigenvalue weighted by Gasteiger charge is 2.35. The first kappa shape index (κ1) is 13.1. The summed E-state index contributed by atoms with van der Waals surface area (Å²) in [5.41, 5.74) is 1.13.